The molecule has 0 aliphatic rings. The van der Waals surface area contributed by atoms with Gasteiger partial charge in [0.1, 0.15) is 5.82 Å². The number of nitrogens with one attached hydrogen (secondary N) is 1. The quantitative estimate of drug-likeness (QED) is 0.786. The van der Waals surface area contributed by atoms with Crippen LogP contribution in [0.25, 0.3) is 0 Å². The summed E-state index contributed by atoms with van der Waals surface area (Å²) in [6.07, 6.45) is 3.42. The molecular weight excluding hydrogens is 298 g/mol. The number of rotatable bonds is 5. The van der Waals surface area contributed by atoms with Crippen LogP contribution in [0.1, 0.15) is 34.8 Å². The van der Waals surface area contributed by atoms with Gasteiger partial charge in [0, 0.05) is 17.8 Å². The monoisotopic (exact) mass is 313 g/mol. The van der Waals surface area contributed by atoms with Crippen LogP contribution in [0.15, 0.2) is 48.1 Å². The lowest BCUT2D eigenvalue weighted by Crippen LogP contribution is -2.33. The Hall–Kier alpha value is -2.54. The Labute approximate surface area is 132 Å². The molecule has 112 valence electrons. The lowest BCUT2D eigenvalue weighted by atomic mass is 10.1. The average molecular weight is 313 g/mol. The van der Waals surface area contributed by atoms with E-state index in [9.17, 15) is 4.79 Å². The number of aromatic amines is 1. The Morgan fingerprint density at radius 3 is 2.82 bits per heavy atom. The molecule has 0 bridgehead atoms. The molecule has 7 heteroatoms. The minimum Gasteiger partial charge on any atom is -0.347 e. The molecule has 2 aromatic heterocycles. The number of nitrogens with zero attached hydrogens (tertiary/aromatic N) is 4. The molecule has 1 atom stereocenters. The molecule has 1 N–H and O–H groups in total. The molecule has 6 nitrogen and oxygen atoms in total. The van der Waals surface area contributed by atoms with E-state index in [0.29, 0.717) is 12.2 Å². The number of amides is 1. The highest BCUT2D eigenvalue weighted by Gasteiger charge is 2.25. The van der Waals surface area contributed by atoms with Crippen molar-refractivity contribution in [2.24, 2.45) is 0 Å². The minimum atomic E-state index is -0.151. The molecule has 3 rings (SSSR count). The number of H-pyrrole nitrogens is 1. The summed E-state index contributed by atoms with van der Waals surface area (Å²) in [6, 6.07) is 9.80. The molecule has 0 radical (unpaired) electrons. The predicted octanol–water partition coefficient (Wildman–Crippen LogP) is 2.66. The number of benzene rings is 1. The van der Waals surface area contributed by atoms with E-state index in [1.165, 1.54) is 11.5 Å². The zero-order chi connectivity index (χ0) is 15.4. The summed E-state index contributed by atoms with van der Waals surface area (Å²) < 4.78 is 3.78. The Morgan fingerprint density at radius 2 is 2.18 bits per heavy atom. The van der Waals surface area contributed by atoms with E-state index >= 15 is 0 Å². The number of hydrogen-bond donors (Lipinski definition) is 1. The third-order valence-electron chi connectivity index (χ3n) is 3.46. The highest BCUT2D eigenvalue weighted by Crippen LogP contribution is 2.23. The first kappa shape index (κ1) is 14.4. The fraction of sp³-hybridized carbons (Fsp3) is 0.200. The summed E-state index contributed by atoms with van der Waals surface area (Å²) in [4.78, 5) is 21.7. The summed E-state index contributed by atoms with van der Waals surface area (Å²) >= 11 is 1.17. The fourth-order valence-electron chi connectivity index (χ4n) is 2.25. The first-order valence-electron chi connectivity index (χ1n) is 6.87. The van der Waals surface area contributed by atoms with Gasteiger partial charge < -0.3 is 9.88 Å². The maximum atomic E-state index is 12.7. The molecule has 0 aliphatic carbocycles. The van der Waals surface area contributed by atoms with Gasteiger partial charge in [-0.3, -0.25) is 4.79 Å². The fourth-order valence-corrected chi connectivity index (χ4v) is 2.68. The largest absolute Gasteiger partial charge is 0.347 e. The highest BCUT2D eigenvalue weighted by molar-refractivity contribution is 7.03. The first-order valence-corrected chi connectivity index (χ1v) is 7.70. The van der Waals surface area contributed by atoms with E-state index in [2.05, 4.69) is 19.6 Å². The van der Waals surface area contributed by atoms with Gasteiger partial charge in [0.15, 0.2) is 5.69 Å². The van der Waals surface area contributed by atoms with Crippen LogP contribution in [-0.4, -0.2) is 30.4 Å². The van der Waals surface area contributed by atoms with Gasteiger partial charge in [-0.2, -0.15) is 0 Å². The average Bonchev–Trinajstić information content (AvgIpc) is 3.25. The second-order valence-corrected chi connectivity index (χ2v) is 5.46. The predicted molar refractivity (Wildman–Crippen MR) is 83.2 cm³/mol. The number of hydrogen-bond acceptors (Lipinski definition) is 5. The van der Waals surface area contributed by atoms with Gasteiger partial charge >= 0.3 is 0 Å². The molecule has 0 saturated heterocycles. The lowest BCUT2D eigenvalue weighted by Gasteiger charge is -2.28. The van der Waals surface area contributed by atoms with Gasteiger partial charge in [0.2, 0.25) is 0 Å². The Kier molecular flexibility index (Phi) is 4.24. The van der Waals surface area contributed by atoms with Crippen molar-refractivity contribution < 1.29 is 4.79 Å². The van der Waals surface area contributed by atoms with Crippen molar-refractivity contribution in [1.82, 2.24) is 24.5 Å². The molecule has 3 aromatic rings. The molecule has 1 aromatic carbocycles. The van der Waals surface area contributed by atoms with E-state index in [0.717, 1.165) is 11.4 Å². The number of carbonyl (C=O) groups is 1. The SMILES string of the molecule is C[C@@H](c1ccccc1)N(Cc1ncc[nH]1)C(=O)c1csnn1. The van der Waals surface area contributed by atoms with Crippen LogP contribution in [0.3, 0.4) is 0 Å². The Bertz CT molecular complexity index is 712. The van der Waals surface area contributed by atoms with E-state index < -0.39 is 0 Å². The molecule has 0 saturated carbocycles. The van der Waals surface area contributed by atoms with Crippen LogP contribution in [0, 0.1) is 0 Å². The van der Waals surface area contributed by atoms with Gasteiger partial charge in [-0.15, -0.1) is 5.10 Å². The molecule has 0 spiro atoms. The molecule has 2 heterocycles. The normalized spacial score (nSPS) is 12.0. The molecular formula is C15H15N5OS. The number of aromatic nitrogens is 4. The van der Waals surface area contributed by atoms with E-state index in [1.54, 1.807) is 22.7 Å². The third kappa shape index (κ3) is 3.04. The lowest BCUT2D eigenvalue weighted by molar-refractivity contribution is 0.0663. The van der Waals surface area contributed by atoms with Crippen LogP contribution in [0.2, 0.25) is 0 Å². The van der Waals surface area contributed by atoms with Crippen LogP contribution >= 0.6 is 11.5 Å². The van der Waals surface area contributed by atoms with Gasteiger partial charge in [-0.05, 0) is 24.0 Å². The maximum absolute atomic E-state index is 12.7. The topological polar surface area (TPSA) is 74.8 Å². The van der Waals surface area contributed by atoms with Crippen molar-refractivity contribution in [1.29, 1.82) is 0 Å². The van der Waals surface area contributed by atoms with Gasteiger partial charge in [-0.1, -0.05) is 34.8 Å². The maximum Gasteiger partial charge on any atom is 0.276 e. The summed E-state index contributed by atoms with van der Waals surface area (Å²) in [5.41, 5.74) is 1.42. The van der Waals surface area contributed by atoms with Crippen LogP contribution in [-0.2, 0) is 6.54 Å². The minimum absolute atomic E-state index is 0.0968. The summed E-state index contributed by atoms with van der Waals surface area (Å²) in [6.45, 7) is 2.38. The second-order valence-electron chi connectivity index (χ2n) is 4.85. The molecule has 1 amide bonds. The second kappa shape index (κ2) is 6.48. The zero-order valence-electron chi connectivity index (χ0n) is 12.0. The van der Waals surface area contributed by atoms with E-state index in [1.807, 2.05) is 37.3 Å². The van der Waals surface area contributed by atoms with Gasteiger partial charge in [0.05, 0.1) is 12.6 Å². The van der Waals surface area contributed by atoms with Gasteiger partial charge in [-0.25, -0.2) is 4.98 Å². The van der Waals surface area contributed by atoms with E-state index in [-0.39, 0.29) is 11.9 Å². The Morgan fingerprint density at radius 1 is 1.36 bits per heavy atom. The molecule has 22 heavy (non-hydrogen) atoms. The Balaban J connectivity index is 1.90. The third-order valence-corrected chi connectivity index (χ3v) is 3.97. The van der Waals surface area contributed by atoms with Crippen LogP contribution in [0.4, 0.5) is 0 Å². The van der Waals surface area contributed by atoms with Crippen molar-refractivity contribution in [3.8, 4) is 0 Å². The summed E-state index contributed by atoms with van der Waals surface area (Å²) in [5, 5.41) is 5.55. The standard InChI is InChI=1S/C15H15N5OS/c1-11(12-5-3-2-4-6-12)20(9-14-16-7-8-17-14)15(21)13-10-22-19-18-13/h2-8,10-11H,9H2,1H3,(H,16,17)/t11-/m0/s1. The van der Waals surface area contributed by atoms with Crippen molar-refractivity contribution in [3.63, 3.8) is 0 Å². The number of imidazole rings is 1. The number of carbonyl (C=O) groups excluding carboxylic acids is 1. The summed E-state index contributed by atoms with van der Waals surface area (Å²) in [5.74, 6) is 0.584. The first-order chi connectivity index (χ1) is 10.8. The van der Waals surface area contributed by atoms with Gasteiger partial charge in [0.25, 0.3) is 5.91 Å². The molecule has 0 aliphatic heterocycles. The van der Waals surface area contributed by atoms with Crippen LogP contribution in [0.5, 0.6) is 0 Å². The molecule has 0 unspecified atom stereocenters. The highest BCUT2D eigenvalue weighted by atomic mass is 32.1. The molecule has 0 fully saturated rings. The van der Waals surface area contributed by atoms with Crippen LogP contribution < -0.4 is 0 Å². The smallest absolute Gasteiger partial charge is 0.276 e. The van der Waals surface area contributed by atoms with Crippen molar-refractivity contribution in [2.75, 3.05) is 0 Å². The van der Waals surface area contributed by atoms with Crippen molar-refractivity contribution in [3.05, 3.63) is 65.2 Å². The van der Waals surface area contributed by atoms with Crippen molar-refractivity contribution in [2.45, 2.75) is 19.5 Å². The van der Waals surface area contributed by atoms with E-state index in [4.69, 9.17) is 0 Å². The van der Waals surface area contributed by atoms with Crippen molar-refractivity contribution >= 4 is 17.4 Å². The zero-order valence-corrected chi connectivity index (χ0v) is 12.8. The summed E-state index contributed by atoms with van der Waals surface area (Å²) in [7, 11) is 0.